The fraction of sp³-hybridized carbons (Fsp3) is 0.458. The SMILES string of the molecule is C[C@H](CC(=O)C(F)F)c1ccc(C2CN(c3ccc(OCC4CC4)cc3)C2)cc1. The van der Waals surface area contributed by atoms with Gasteiger partial charge < -0.3 is 9.64 Å². The van der Waals surface area contributed by atoms with Gasteiger partial charge in [-0.3, -0.25) is 4.79 Å². The summed E-state index contributed by atoms with van der Waals surface area (Å²) in [5, 5.41) is 0. The van der Waals surface area contributed by atoms with Crippen molar-refractivity contribution in [2.24, 2.45) is 5.92 Å². The number of hydrogen-bond donors (Lipinski definition) is 0. The zero-order valence-corrected chi connectivity index (χ0v) is 16.7. The average molecular weight is 399 g/mol. The molecule has 0 N–H and O–H groups in total. The predicted octanol–water partition coefficient (Wildman–Crippen LogP) is 5.41. The number of alkyl halides is 2. The maximum absolute atomic E-state index is 12.4. The highest BCUT2D eigenvalue weighted by Gasteiger charge is 2.28. The van der Waals surface area contributed by atoms with Crippen molar-refractivity contribution in [1.29, 1.82) is 0 Å². The van der Waals surface area contributed by atoms with Crippen LogP contribution in [0.1, 0.15) is 49.1 Å². The largest absolute Gasteiger partial charge is 0.493 e. The normalized spacial score (nSPS) is 17.9. The van der Waals surface area contributed by atoms with Crippen molar-refractivity contribution in [2.45, 2.75) is 44.4 Å². The molecule has 1 saturated carbocycles. The fourth-order valence-electron chi connectivity index (χ4n) is 3.76. The van der Waals surface area contributed by atoms with Gasteiger partial charge in [-0.25, -0.2) is 8.78 Å². The minimum absolute atomic E-state index is 0.116. The molecule has 0 bridgehead atoms. The molecule has 0 spiro atoms. The number of carbonyl (C=O) groups excluding carboxylic acids is 1. The Bertz CT molecular complexity index is 825. The van der Waals surface area contributed by atoms with E-state index in [1.165, 1.54) is 24.1 Å². The molecule has 1 aliphatic carbocycles. The van der Waals surface area contributed by atoms with E-state index >= 15 is 0 Å². The third-order valence-electron chi connectivity index (χ3n) is 5.99. The van der Waals surface area contributed by atoms with Crippen molar-refractivity contribution in [2.75, 3.05) is 24.6 Å². The molecule has 1 aliphatic heterocycles. The van der Waals surface area contributed by atoms with Crippen molar-refractivity contribution < 1.29 is 18.3 Å². The second-order valence-corrected chi connectivity index (χ2v) is 8.39. The monoisotopic (exact) mass is 399 g/mol. The van der Waals surface area contributed by atoms with Crippen LogP contribution in [0.25, 0.3) is 0 Å². The zero-order chi connectivity index (χ0) is 20.4. The van der Waals surface area contributed by atoms with Crippen LogP contribution >= 0.6 is 0 Å². The van der Waals surface area contributed by atoms with E-state index in [-0.39, 0.29) is 12.3 Å². The summed E-state index contributed by atoms with van der Waals surface area (Å²) in [6.45, 7) is 4.57. The van der Waals surface area contributed by atoms with Gasteiger partial charge in [0.05, 0.1) is 6.61 Å². The minimum Gasteiger partial charge on any atom is -0.493 e. The number of ether oxygens (including phenoxy) is 1. The summed E-state index contributed by atoms with van der Waals surface area (Å²) in [5.74, 6) is 0.981. The van der Waals surface area contributed by atoms with Crippen LogP contribution in [0.2, 0.25) is 0 Å². The van der Waals surface area contributed by atoms with Gasteiger partial charge in [-0.05, 0) is 60.1 Å². The first-order valence-electron chi connectivity index (χ1n) is 10.4. The van der Waals surface area contributed by atoms with Gasteiger partial charge >= 0.3 is 0 Å². The molecule has 1 saturated heterocycles. The maximum Gasteiger partial charge on any atom is 0.296 e. The summed E-state index contributed by atoms with van der Waals surface area (Å²) in [6, 6.07) is 16.4. The molecule has 2 aliphatic rings. The summed E-state index contributed by atoms with van der Waals surface area (Å²) in [7, 11) is 0. The summed E-state index contributed by atoms with van der Waals surface area (Å²) >= 11 is 0. The number of anilines is 1. The Labute approximate surface area is 170 Å². The van der Waals surface area contributed by atoms with E-state index in [2.05, 4.69) is 29.2 Å². The van der Waals surface area contributed by atoms with Gasteiger partial charge in [0.2, 0.25) is 0 Å². The molecular formula is C24H27F2NO2. The topological polar surface area (TPSA) is 29.5 Å². The second-order valence-electron chi connectivity index (χ2n) is 8.39. The molecule has 5 heteroatoms. The van der Waals surface area contributed by atoms with Gasteiger partial charge in [0.15, 0.2) is 5.78 Å². The van der Waals surface area contributed by atoms with Gasteiger partial charge in [-0.2, -0.15) is 0 Å². The Balaban J connectivity index is 1.27. The smallest absolute Gasteiger partial charge is 0.296 e. The van der Waals surface area contributed by atoms with Crippen LogP contribution in [0.15, 0.2) is 48.5 Å². The zero-order valence-electron chi connectivity index (χ0n) is 16.7. The standard InChI is InChI=1S/C24H27F2NO2/c1-16(12-23(28)24(25)26)18-4-6-19(7-5-18)20-13-27(14-20)21-8-10-22(11-9-21)29-15-17-2-3-17/h4-11,16-17,20,24H,2-3,12-15H2,1H3/t16-/m1/s1. The summed E-state index contributed by atoms with van der Waals surface area (Å²) in [6.07, 6.45) is -0.409. The Morgan fingerprint density at radius 3 is 2.31 bits per heavy atom. The number of ketones is 1. The van der Waals surface area contributed by atoms with E-state index in [1.807, 2.05) is 31.2 Å². The molecule has 2 aromatic carbocycles. The maximum atomic E-state index is 12.4. The quantitative estimate of drug-likeness (QED) is 0.565. The highest BCUT2D eigenvalue weighted by Crippen LogP contribution is 2.34. The fourth-order valence-corrected chi connectivity index (χ4v) is 3.76. The van der Waals surface area contributed by atoms with Crippen LogP contribution in [0, 0.1) is 5.92 Å². The van der Waals surface area contributed by atoms with Crippen LogP contribution in [0.3, 0.4) is 0 Å². The molecule has 0 amide bonds. The predicted molar refractivity (Wildman–Crippen MR) is 110 cm³/mol. The van der Waals surface area contributed by atoms with Gasteiger partial charge in [-0.1, -0.05) is 31.2 Å². The number of Topliss-reactive ketones (excluding diaryl/α,β-unsaturated/α-hetero) is 1. The number of halogens is 2. The Morgan fingerprint density at radius 2 is 1.72 bits per heavy atom. The Kier molecular flexibility index (Phi) is 5.84. The Morgan fingerprint density at radius 1 is 1.07 bits per heavy atom. The van der Waals surface area contributed by atoms with E-state index in [0.717, 1.165) is 36.9 Å². The highest BCUT2D eigenvalue weighted by atomic mass is 19.3. The van der Waals surface area contributed by atoms with Gasteiger partial charge in [-0.15, -0.1) is 0 Å². The lowest BCUT2D eigenvalue weighted by atomic mass is 9.88. The van der Waals surface area contributed by atoms with E-state index in [1.54, 1.807) is 0 Å². The first-order chi connectivity index (χ1) is 14.0. The molecule has 4 rings (SSSR count). The van der Waals surface area contributed by atoms with E-state index < -0.39 is 12.2 Å². The van der Waals surface area contributed by atoms with E-state index in [4.69, 9.17) is 4.74 Å². The highest BCUT2D eigenvalue weighted by molar-refractivity contribution is 5.82. The van der Waals surface area contributed by atoms with Crippen molar-refractivity contribution >= 4 is 11.5 Å². The lowest BCUT2D eigenvalue weighted by Crippen LogP contribution is -2.45. The molecule has 3 nitrogen and oxygen atoms in total. The molecule has 1 atom stereocenters. The van der Waals surface area contributed by atoms with Crippen molar-refractivity contribution in [3.05, 3.63) is 59.7 Å². The minimum atomic E-state index is -2.88. The van der Waals surface area contributed by atoms with Crippen LogP contribution < -0.4 is 9.64 Å². The summed E-state index contributed by atoms with van der Waals surface area (Å²) in [5.41, 5.74) is 3.39. The molecule has 2 aromatic rings. The van der Waals surface area contributed by atoms with Crippen LogP contribution in [-0.2, 0) is 4.79 Å². The molecule has 0 radical (unpaired) electrons. The molecular weight excluding hydrogens is 372 g/mol. The number of carbonyl (C=O) groups is 1. The molecule has 1 heterocycles. The van der Waals surface area contributed by atoms with E-state index in [9.17, 15) is 13.6 Å². The van der Waals surface area contributed by atoms with Crippen LogP contribution in [-0.4, -0.2) is 31.9 Å². The van der Waals surface area contributed by atoms with Crippen molar-refractivity contribution in [3.8, 4) is 5.75 Å². The molecule has 154 valence electrons. The molecule has 0 aromatic heterocycles. The number of rotatable bonds is 9. The first-order valence-corrected chi connectivity index (χ1v) is 10.4. The van der Waals surface area contributed by atoms with Crippen LogP contribution in [0.4, 0.5) is 14.5 Å². The van der Waals surface area contributed by atoms with Gasteiger partial charge in [0.25, 0.3) is 6.43 Å². The van der Waals surface area contributed by atoms with Crippen molar-refractivity contribution in [1.82, 2.24) is 0 Å². The second kappa shape index (κ2) is 8.52. The van der Waals surface area contributed by atoms with Gasteiger partial charge in [0.1, 0.15) is 5.75 Å². The lowest BCUT2D eigenvalue weighted by molar-refractivity contribution is -0.129. The van der Waals surface area contributed by atoms with Crippen molar-refractivity contribution in [3.63, 3.8) is 0 Å². The molecule has 2 fully saturated rings. The third kappa shape index (κ3) is 4.95. The number of nitrogens with zero attached hydrogens (tertiary/aromatic N) is 1. The number of benzene rings is 2. The lowest BCUT2D eigenvalue weighted by Gasteiger charge is -2.41. The summed E-state index contributed by atoms with van der Waals surface area (Å²) < 4.78 is 30.7. The first kappa shape index (κ1) is 19.9. The average Bonchev–Trinajstić information content (AvgIpc) is 3.51. The molecule has 29 heavy (non-hydrogen) atoms. The van der Waals surface area contributed by atoms with Crippen LogP contribution in [0.5, 0.6) is 5.75 Å². The number of hydrogen-bond acceptors (Lipinski definition) is 3. The van der Waals surface area contributed by atoms with Gasteiger partial charge in [0, 0.05) is 31.1 Å². The molecule has 0 unspecified atom stereocenters. The Hall–Kier alpha value is -2.43. The summed E-state index contributed by atoms with van der Waals surface area (Å²) in [4.78, 5) is 13.6. The third-order valence-corrected chi connectivity index (χ3v) is 5.99. The van der Waals surface area contributed by atoms with E-state index in [0.29, 0.717) is 5.92 Å².